The zero-order valence-corrected chi connectivity index (χ0v) is 36.0. The van der Waals surface area contributed by atoms with Crippen LogP contribution in [0.5, 0.6) is 17.4 Å². The first-order valence-corrected chi connectivity index (χ1v) is 21.1. The number of hydrogen-bond acceptors (Lipinski definition) is 12. The first-order chi connectivity index (χ1) is 28.6. The predicted octanol–water partition coefficient (Wildman–Crippen LogP) is 7.36. The van der Waals surface area contributed by atoms with E-state index < -0.39 is 16.1 Å². The molecule has 0 unspecified atom stereocenters. The number of rotatable bonds is 22. The molecule has 322 valence electrons. The molecular formula is C43H55N7O9S. The van der Waals surface area contributed by atoms with Gasteiger partial charge in [-0.05, 0) is 47.7 Å². The van der Waals surface area contributed by atoms with E-state index in [1.165, 1.54) is 13.2 Å². The maximum Gasteiger partial charge on any atom is 0.323 e. The van der Waals surface area contributed by atoms with E-state index in [1.807, 2.05) is 58.0 Å². The standard InChI is InChI=1S/C43H55N7O9S/c1-9-13-31(26-29(10-2)40(51)44-20-21-57-24-25-58-23-22-55-6)46-41-45-19-18-38(49-41)59-37-17-16-34(32-14-11-12-15-33(32)37)47-42(52)48-35-27-30(43(3,4)5)28-36(39(35)56-7)50-60(8,53)54/h10-19,26-28,50H,2,9,20-25H2,1,3-8H3,(H,44,51)(H,45,46,49)(H2,47,48,52)/b29-26+,31-13+. The van der Waals surface area contributed by atoms with Crippen LogP contribution in [0.15, 0.2) is 96.9 Å². The summed E-state index contributed by atoms with van der Waals surface area (Å²) in [5, 5.41) is 13.1. The number of ether oxygens (including phenoxy) is 5. The second-order valence-electron chi connectivity index (χ2n) is 14.3. The Kier molecular flexibility index (Phi) is 17.4. The van der Waals surface area contributed by atoms with Gasteiger partial charge in [-0.3, -0.25) is 9.52 Å². The first kappa shape index (κ1) is 46.7. The van der Waals surface area contributed by atoms with E-state index in [2.05, 4.69) is 42.5 Å². The fourth-order valence-electron chi connectivity index (χ4n) is 5.65. The lowest BCUT2D eigenvalue weighted by Gasteiger charge is -2.24. The van der Waals surface area contributed by atoms with Crippen LogP contribution in [-0.2, 0) is 34.4 Å². The molecule has 0 saturated carbocycles. The van der Waals surface area contributed by atoms with Gasteiger partial charge < -0.3 is 45.0 Å². The Hall–Kier alpha value is -6.01. The third-order valence-corrected chi connectivity index (χ3v) is 9.08. The van der Waals surface area contributed by atoms with E-state index in [-0.39, 0.29) is 40.3 Å². The molecule has 4 rings (SSSR count). The van der Waals surface area contributed by atoms with Gasteiger partial charge in [0.15, 0.2) is 5.75 Å². The topological polar surface area (TPSA) is 200 Å². The molecule has 60 heavy (non-hydrogen) atoms. The molecule has 3 amide bonds. The van der Waals surface area contributed by atoms with Gasteiger partial charge in [-0.25, -0.2) is 18.2 Å². The van der Waals surface area contributed by atoms with Crippen LogP contribution in [0.2, 0.25) is 0 Å². The molecule has 0 aliphatic rings. The second-order valence-corrected chi connectivity index (χ2v) is 16.0. The molecule has 0 aliphatic heterocycles. The molecule has 0 radical (unpaired) electrons. The smallest absolute Gasteiger partial charge is 0.323 e. The number of allylic oxidation sites excluding steroid dienone is 2. The Morgan fingerprint density at radius 1 is 0.867 bits per heavy atom. The van der Waals surface area contributed by atoms with Gasteiger partial charge in [0.1, 0.15) is 5.75 Å². The van der Waals surface area contributed by atoms with Crippen LogP contribution in [-0.4, -0.2) is 90.4 Å². The number of aromatic nitrogens is 2. The fraction of sp³-hybridized carbons (Fsp3) is 0.349. The van der Waals surface area contributed by atoms with Gasteiger partial charge in [-0.15, -0.1) is 0 Å². The van der Waals surface area contributed by atoms with E-state index in [9.17, 15) is 18.0 Å². The number of methoxy groups -OCH3 is 2. The van der Waals surface area contributed by atoms with Crippen molar-refractivity contribution < 1.29 is 41.7 Å². The molecular weight excluding hydrogens is 791 g/mol. The van der Waals surface area contributed by atoms with Crippen molar-refractivity contribution in [2.45, 2.75) is 39.5 Å². The number of urea groups is 1. The second kappa shape index (κ2) is 22.4. The number of hydrogen-bond donors (Lipinski definition) is 5. The lowest BCUT2D eigenvalue weighted by atomic mass is 9.86. The highest BCUT2D eigenvalue weighted by molar-refractivity contribution is 7.92. The summed E-state index contributed by atoms with van der Waals surface area (Å²) in [7, 11) is -0.647. The Bertz CT molecular complexity index is 2290. The normalized spacial score (nSPS) is 12.1. The number of benzene rings is 3. The number of amides is 3. The van der Waals surface area contributed by atoms with Gasteiger partial charge >= 0.3 is 6.03 Å². The predicted molar refractivity (Wildman–Crippen MR) is 236 cm³/mol. The Morgan fingerprint density at radius 2 is 1.55 bits per heavy atom. The van der Waals surface area contributed by atoms with Crippen molar-refractivity contribution in [2.24, 2.45) is 0 Å². The highest BCUT2D eigenvalue weighted by Gasteiger charge is 2.23. The average Bonchev–Trinajstić information content (AvgIpc) is 3.19. The molecule has 0 spiro atoms. The summed E-state index contributed by atoms with van der Waals surface area (Å²) >= 11 is 0. The summed E-state index contributed by atoms with van der Waals surface area (Å²) in [6.07, 6.45) is 8.26. The zero-order chi connectivity index (χ0) is 43.7. The van der Waals surface area contributed by atoms with Gasteiger partial charge in [0.25, 0.3) is 5.91 Å². The van der Waals surface area contributed by atoms with Crippen molar-refractivity contribution in [3.8, 4) is 17.4 Å². The number of sulfonamides is 1. The minimum absolute atomic E-state index is 0.157. The van der Waals surface area contributed by atoms with Crippen molar-refractivity contribution in [3.05, 3.63) is 102 Å². The lowest BCUT2D eigenvalue weighted by molar-refractivity contribution is -0.117. The lowest BCUT2D eigenvalue weighted by Crippen LogP contribution is -2.28. The third-order valence-electron chi connectivity index (χ3n) is 8.49. The van der Waals surface area contributed by atoms with E-state index in [0.717, 1.165) is 11.8 Å². The maximum absolute atomic E-state index is 13.5. The van der Waals surface area contributed by atoms with E-state index in [1.54, 1.807) is 49.7 Å². The minimum atomic E-state index is -3.65. The summed E-state index contributed by atoms with van der Waals surface area (Å²) in [5.41, 5.74) is 2.26. The van der Waals surface area contributed by atoms with Crippen molar-refractivity contribution in [1.29, 1.82) is 0 Å². The van der Waals surface area contributed by atoms with Gasteiger partial charge in [0.2, 0.25) is 21.9 Å². The summed E-state index contributed by atoms with van der Waals surface area (Å²) in [6, 6.07) is 15.3. The number of anilines is 4. The van der Waals surface area contributed by atoms with Crippen molar-refractivity contribution in [1.82, 2.24) is 15.3 Å². The molecule has 16 nitrogen and oxygen atoms in total. The molecule has 1 aromatic heterocycles. The number of carbonyl (C=O) groups is 2. The monoisotopic (exact) mass is 845 g/mol. The highest BCUT2D eigenvalue weighted by Crippen LogP contribution is 2.40. The molecule has 5 N–H and O–H groups in total. The summed E-state index contributed by atoms with van der Waals surface area (Å²) in [6.45, 7) is 14.2. The number of nitrogens with zero attached hydrogens (tertiary/aromatic N) is 2. The van der Waals surface area contributed by atoms with Crippen LogP contribution in [0.25, 0.3) is 10.8 Å². The van der Waals surface area contributed by atoms with Crippen LogP contribution < -0.4 is 35.5 Å². The van der Waals surface area contributed by atoms with Gasteiger partial charge in [-0.1, -0.05) is 70.7 Å². The molecule has 0 atom stereocenters. The van der Waals surface area contributed by atoms with Crippen LogP contribution in [0.4, 0.5) is 27.8 Å². The molecule has 0 aliphatic carbocycles. The van der Waals surface area contributed by atoms with Crippen LogP contribution in [0.3, 0.4) is 0 Å². The highest BCUT2D eigenvalue weighted by atomic mass is 32.2. The van der Waals surface area contributed by atoms with Crippen LogP contribution >= 0.6 is 0 Å². The number of fused-ring (bicyclic) bond motifs is 1. The summed E-state index contributed by atoms with van der Waals surface area (Å²) in [5.74, 6) is 0.776. The van der Waals surface area contributed by atoms with E-state index in [4.69, 9.17) is 23.7 Å². The van der Waals surface area contributed by atoms with Crippen molar-refractivity contribution >= 4 is 55.7 Å². The SMILES string of the molecule is C=C/C(=C\C(=C/CC)Nc1nccc(Oc2ccc(NC(=O)Nc3cc(C(C)(C)C)cc(NS(C)(=O)=O)c3OC)c3ccccc23)n1)C(=O)NCCOCCOCCOC. The Balaban J connectivity index is 1.47. The largest absolute Gasteiger partial charge is 0.492 e. The Morgan fingerprint density at radius 3 is 2.22 bits per heavy atom. The Labute approximate surface area is 351 Å². The van der Waals surface area contributed by atoms with Crippen LogP contribution in [0, 0.1) is 0 Å². The molecule has 0 fully saturated rings. The third kappa shape index (κ3) is 14.4. The van der Waals surface area contributed by atoms with E-state index in [0.29, 0.717) is 79.5 Å². The summed E-state index contributed by atoms with van der Waals surface area (Å²) < 4.78 is 54.5. The van der Waals surface area contributed by atoms with Crippen LogP contribution in [0.1, 0.15) is 39.7 Å². The van der Waals surface area contributed by atoms with Gasteiger partial charge in [0.05, 0.1) is 63.5 Å². The maximum atomic E-state index is 13.5. The molecule has 4 aromatic rings. The van der Waals surface area contributed by atoms with Gasteiger partial charge in [-0.2, -0.15) is 4.98 Å². The molecule has 1 heterocycles. The summed E-state index contributed by atoms with van der Waals surface area (Å²) in [4.78, 5) is 35.3. The van der Waals surface area contributed by atoms with Crippen molar-refractivity contribution in [3.63, 3.8) is 0 Å². The minimum Gasteiger partial charge on any atom is -0.492 e. The molecule has 3 aromatic carbocycles. The first-order valence-electron chi connectivity index (χ1n) is 19.2. The average molecular weight is 846 g/mol. The fourth-order valence-corrected chi connectivity index (χ4v) is 6.20. The number of nitrogens with one attached hydrogen (secondary N) is 5. The van der Waals surface area contributed by atoms with Crippen molar-refractivity contribution in [2.75, 3.05) is 80.7 Å². The quantitative estimate of drug-likeness (QED) is 0.0300. The molecule has 0 bridgehead atoms. The van der Waals surface area contributed by atoms with E-state index >= 15 is 0 Å². The molecule has 0 saturated heterocycles. The zero-order valence-electron chi connectivity index (χ0n) is 35.1. The van der Waals surface area contributed by atoms with Gasteiger partial charge in [0, 0.05) is 48.0 Å². The number of carbonyl (C=O) groups excluding carboxylic acids is 2. The molecule has 17 heteroatoms.